The maximum atomic E-state index is 12.3. The number of carbonyl (C=O) groups is 1. The number of carbonyl (C=O) groups excluding carboxylic acids is 1. The van der Waals surface area contributed by atoms with E-state index in [-0.39, 0.29) is 24.8 Å². The lowest BCUT2D eigenvalue weighted by atomic mass is 10.0. The molecule has 0 bridgehead atoms. The highest BCUT2D eigenvalue weighted by atomic mass is 35.5. The molecule has 0 aliphatic carbocycles. The standard InChI is InChI=1S/C19H29N3O2.2ClH/c23-18(17-4-2-1-3-5-17)15-21-10-12-22(13-11-21)19(24)7-6-16-8-9-20-14-16;;/h1-5,16,18,20,23H,6-15H2;2*1H. The van der Waals surface area contributed by atoms with Crippen molar-refractivity contribution < 1.29 is 9.90 Å². The van der Waals surface area contributed by atoms with E-state index in [2.05, 4.69) is 10.2 Å². The molecule has 2 aliphatic heterocycles. The molecule has 1 aromatic carbocycles. The lowest BCUT2D eigenvalue weighted by molar-refractivity contribution is -0.133. The molecule has 2 fully saturated rings. The van der Waals surface area contributed by atoms with E-state index in [9.17, 15) is 9.90 Å². The molecule has 1 aromatic rings. The summed E-state index contributed by atoms with van der Waals surface area (Å²) in [5.74, 6) is 0.974. The molecule has 2 unspecified atom stereocenters. The van der Waals surface area contributed by atoms with Crippen molar-refractivity contribution in [2.24, 2.45) is 5.92 Å². The number of benzene rings is 1. The zero-order valence-corrected chi connectivity index (χ0v) is 16.8. The predicted octanol–water partition coefficient (Wildman–Crippen LogP) is 2.10. The van der Waals surface area contributed by atoms with Crippen molar-refractivity contribution in [2.75, 3.05) is 45.8 Å². The fraction of sp³-hybridized carbons (Fsp3) is 0.632. The van der Waals surface area contributed by atoms with E-state index in [0.29, 0.717) is 24.8 Å². The van der Waals surface area contributed by atoms with Gasteiger partial charge in [0.05, 0.1) is 6.10 Å². The molecule has 5 nitrogen and oxygen atoms in total. The Morgan fingerprint density at radius 2 is 1.85 bits per heavy atom. The quantitative estimate of drug-likeness (QED) is 0.763. The lowest BCUT2D eigenvalue weighted by Gasteiger charge is -2.35. The first kappa shape index (κ1) is 23.2. The Kier molecular flexibility index (Phi) is 10.5. The van der Waals surface area contributed by atoms with E-state index in [1.54, 1.807) is 0 Å². The van der Waals surface area contributed by atoms with Crippen LogP contribution in [0, 0.1) is 5.92 Å². The molecule has 1 amide bonds. The van der Waals surface area contributed by atoms with E-state index < -0.39 is 6.10 Å². The van der Waals surface area contributed by atoms with Crippen molar-refractivity contribution in [3.63, 3.8) is 0 Å². The van der Waals surface area contributed by atoms with E-state index >= 15 is 0 Å². The number of aliphatic hydroxyl groups excluding tert-OH is 1. The topological polar surface area (TPSA) is 55.8 Å². The molecule has 2 saturated heterocycles. The van der Waals surface area contributed by atoms with Crippen LogP contribution in [0.25, 0.3) is 0 Å². The lowest BCUT2D eigenvalue weighted by Crippen LogP contribution is -2.49. The van der Waals surface area contributed by atoms with Crippen molar-refractivity contribution in [1.82, 2.24) is 15.1 Å². The average molecular weight is 404 g/mol. The van der Waals surface area contributed by atoms with Crippen molar-refractivity contribution >= 4 is 30.7 Å². The van der Waals surface area contributed by atoms with Gasteiger partial charge in [-0.05, 0) is 37.4 Å². The molecule has 0 spiro atoms. The Hall–Kier alpha value is -0.850. The summed E-state index contributed by atoms with van der Waals surface area (Å²) in [7, 11) is 0. The number of rotatable bonds is 6. The van der Waals surface area contributed by atoms with Crippen molar-refractivity contribution in [3.05, 3.63) is 35.9 Å². The van der Waals surface area contributed by atoms with Gasteiger partial charge in [-0.3, -0.25) is 9.69 Å². The second-order valence-corrected chi connectivity index (χ2v) is 7.01. The van der Waals surface area contributed by atoms with E-state index in [4.69, 9.17) is 0 Å². The number of nitrogens with one attached hydrogen (secondary N) is 1. The third-order valence-electron chi connectivity index (χ3n) is 5.27. The van der Waals surface area contributed by atoms with E-state index in [1.807, 2.05) is 35.2 Å². The van der Waals surface area contributed by atoms with Crippen LogP contribution in [0.4, 0.5) is 0 Å². The molecule has 7 heteroatoms. The number of hydrogen-bond donors (Lipinski definition) is 2. The van der Waals surface area contributed by atoms with Crippen LogP contribution < -0.4 is 5.32 Å². The zero-order chi connectivity index (χ0) is 16.8. The van der Waals surface area contributed by atoms with Crippen LogP contribution in [0.3, 0.4) is 0 Å². The molecule has 2 aliphatic rings. The fourth-order valence-corrected chi connectivity index (χ4v) is 3.65. The van der Waals surface area contributed by atoms with Gasteiger partial charge in [0.1, 0.15) is 0 Å². The zero-order valence-electron chi connectivity index (χ0n) is 15.2. The summed E-state index contributed by atoms with van der Waals surface area (Å²) in [6.07, 6.45) is 2.44. The van der Waals surface area contributed by atoms with Gasteiger partial charge in [0, 0.05) is 39.1 Å². The van der Waals surface area contributed by atoms with E-state index in [0.717, 1.165) is 51.3 Å². The molecule has 2 heterocycles. The minimum atomic E-state index is -0.455. The second-order valence-electron chi connectivity index (χ2n) is 7.01. The summed E-state index contributed by atoms with van der Waals surface area (Å²) >= 11 is 0. The Morgan fingerprint density at radius 3 is 2.46 bits per heavy atom. The monoisotopic (exact) mass is 403 g/mol. The van der Waals surface area contributed by atoms with Gasteiger partial charge in [0.25, 0.3) is 0 Å². The number of nitrogens with zero attached hydrogens (tertiary/aromatic N) is 2. The normalized spacial score (nSPS) is 21.6. The molecule has 3 rings (SSSR count). The molecule has 148 valence electrons. The molecule has 0 saturated carbocycles. The van der Waals surface area contributed by atoms with Gasteiger partial charge in [-0.25, -0.2) is 0 Å². The van der Waals surface area contributed by atoms with Gasteiger partial charge in [0.15, 0.2) is 0 Å². The number of amides is 1. The highest BCUT2D eigenvalue weighted by Crippen LogP contribution is 2.17. The third kappa shape index (κ3) is 6.71. The maximum Gasteiger partial charge on any atom is 0.222 e. The van der Waals surface area contributed by atoms with Gasteiger partial charge < -0.3 is 15.3 Å². The van der Waals surface area contributed by atoms with Gasteiger partial charge in [-0.1, -0.05) is 30.3 Å². The van der Waals surface area contributed by atoms with Gasteiger partial charge >= 0.3 is 0 Å². The molecular formula is C19H31Cl2N3O2. The first-order valence-electron chi connectivity index (χ1n) is 9.16. The fourth-order valence-electron chi connectivity index (χ4n) is 3.65. The summed E-state index contributed by atoms with van der Waals surface area (Å²) in [5, 5.41) is 13.7. The summed E-state index contributed by atoms with van der Waals surface area (Å²) in [6.45, 7) is 6.06. The molecule has 0 aromatic heterocycles. The summed E-state index contributed by atoms with van der Waals surface area (Å²) in [4.78, 5) is 16.6. The van der Waals surface area contributed by atoms with Crippen LogP contribution in [0.2, 0.25) is 0 Å². The number of aliphatic hydroxyl groups is 1. The van der Waals surface area contributed by atoms with Crippen LogP contribution >= 0.6 is 24.8 Å². The van der Waals surface area contributed by atoms with Crippen molar-refractivity contribution in [1.29, 1.82) is 0 Å². The van der Waals surface area contributed by atoms with Crippen molar-refractivity contribution in [2.45, 2.75) is 25.4 Å². The van der Waals surface area contributed by atoms with Crippen LogP contribution in [-0.2, 0) is 4.79 Å². The average Bonchev–Trinajstić information content (AvgIpc) is 3.14. The largest absolute Gasteiger partial charge is 0.387 e. The first-order chi connectivity index (χ1) is 11.7. The summed E-state index contributed by atoms with van der Waals surface area (Å²) in [6, 6.07) is 9.79. The van der Waals surface area contributed by atoms with Gasteiger partial charge in [-0.2, -0.15) is 0 Å². The molecule has 2 atom stereocenters. The Labute approximate surface area is 168 Å². The molecule has 0 radical (unpaired) electrons. The Morgan fingerprint density at radius 1 is 1.15 bits per heavy atom. The van der Waals surface area contributed by atoms with E-state index in [1.165, 1.54) is 6.42 Å². The highest BCUT2D eigenvalue weighted by molar-refractivity contribution is 5.85. The van der Waals surface area contributed by atoms with Crippen LogP contribution in [0.5, 0.6) is 0 Å². The minimum absolute atomic E-state index is 0. The smallest absolute Gasteiger partial charge is 0.222 e. The van der Waals surface area contributed by atoms with Crippen LogP contribution in [0.15, 0.2) is 30.3 Å². The maximum absolute atomic E-state index is 12.3. The Bertz CT molecular complexity index is 519. The predicted molar refractivity (Wildman–Crippen MR) is 109 cm³/mol. The van der Waals surface area contributed by atoms with Crippen LogP contribution in [0.1, 0.15) is 30.9 Å². The van der Waals surface area contributed by atoms with Crippen LogP contribution in [-0.4, -0.2) is 66.6 Å². The summed E-state index contributed by atoms with van der Waals surface area (Å²) < 4.78 is 0. The number of hydrogen-bond acceptors (Lipinski definition) is 4. The number of piperazine rings is 1. The van der Waals surface area contributed by atoms with Gasteiger partial charge in [0.2, 0.25) is 5.91 Å². The highest BCUT2D eigenvalue weighted by Gasteiger charge is 2.24. The Balaban J connectivity index is 0.00000169. The second kappa shape index (κ2) is 11.8. The molecular weight excluding hydrogens is 373 g/mol. The molecule has 2 N–H and O–H groups in total. The number of β-amino-alcohol motifs (C(OH)–C–C–N with tert-alkyl or cyclic N) is 1. The minimum Gasteiger partial charge on any atom is -0.387 e. The summed E-state index contributed by atoms with van der Waals surface area (Å²) in [5.41, 5.74) is 0.959. The molecule has 26 heavy (non-hydrogen) atoms. The van der Waals surface area contributed by atoms with Crippen molar-refractivity contribution in [3.8, 4) is 0 Å². The third-order valence-corrected chi connectivity index (χ3v) is 5.27. The number of halogens is 2. The van der Waals surface area contributed by atoms with Gasteiger partial charge in [-0.15, -0.1) is 24.8 Å². The first-order valence-corrected chi connectivity index (χ1v) is 9.16. The SMILES string of the molecule is Cl.Cl.O=C(CCC1CCNC1)N1CCN(CC(O)c2ccccc2)CC1.